The van der Waals surface area contributed by atoms with Gasteiger partial charge in [-0.05, 0) is 64.8 Å². The molecule has 10 nitrogen and oxygen atoms in total. The minimum absolute atomic E-state index is 0.00163. The third-order valence-electron chi connectivity index (χ3n) is 6.01. The number of hydrogen-bond acceptors (Lipinski definition) is 10. The lowest BCUT2D eigenvalue weighted by Gasteiger charge is -2.21. The zero-order valence-corrected chi connectivity index (χ0v) is 25.3. The van der Waals surface area contributed by atoms with E-state index in [0.29, 0.717) is 6.42 Å². The lowest BCUT2D eigenvalue weighted by molar-refractivity contribution is -0.157. The average Bonchev–Trinajstić information content (AvgIpc) is 2.89. The first-order valence-electron chi connectivity index (χ1n) is 13.0. The molecule has 2 aromatic rings. The molecule has 4 unspecified atom stereocenters. The van der Waals surface area contributed by atoms with Gasteiger partial charge in [0.2, 0.25) is 0 Å². The van der Waals surface area contributed by atoms with E-state index < -0.39 is 56.2 Å². The largest absolute Gasteiger partial charge is 0.463 e. The number of carbonyl (C=O) groups is 2. The van der Waals surface area contributed by atoms with Crippen molar-refractivity contribution in [3.05, 3.63) is 59.7 Å². The van der Waals surface area contributed by atoms with Crippen LogP contribution in [-0.4, -0.2) is 54.2 Å². The maximum atomic E-state index is 12.6. The van der Waals surface area contributed by atoms with Crippen LogP contribution < -0.4 is 0 Å². The number of carbonyl (C=O) groups excluding carboxylic acids is 2. The highest BCUT2D eigenvalue weighted by atomic mass is 32.2. The molecule has 222 valence electrons. The minimum Gasteiger partial charge on any atom is -0.463 e. The minimum atomic E-state index is -4.02. The molecule has 0 aromatic heterocycles. The molecule has 0 amide bonds. The van der Waals surface area contributed by atoms with Crippen LogP contribution >= 0.6 is 0 Å². The van der Waals surface area contributed by atoms with Crippen LogP contribution in [0.1, 0.15) is 51.7 Å². The van der Waals surface area contributed by atoms with Gasteiger partial charge in [-0.3, -0.25) is 18.0 Å². The second kappa shape index (κ2) is 14.7. The quantitative estimate of drug-likeness (QED) is 0.215. The molecule has 40 heavy (non-hydrogen) atoms. The summed E-state index contributed by atoms with van der Waals surface area (Å²) in [6, 6.07) is 12.3. The Hall–Kier alpha value is -2.80. The highest BCUT2D eigenvalue weighted by molar-refractivity contribution is 7.87. The van der Waals surface area contributed by atoms with Crippen molar-refractivity contribution in [3.8, 4) is 0 Å². The molecule has 0 spiro atoms. The zero-order valence-electron chi connectivity index (χ0n) is 23.7. The molecule has 0 fully saturated rings. The van der Waals surface area contributed by atoms with E-state index in [1.54, 1.807) is 38.1 Å². The lowest BCUT2D eigenvalue weighted by Crippen LogP contribution is -2.29. The smallest absolute Gasteiger partial charge is 0.309 e. The summed E-state index contributed by atoms with van der Waals surface area (Å²) in [6.45, 7) is 9.35. The Labute approximate surface area is 237 Å². The number of rotatable bonds is 15. The van der Waals surface area contributed by atoms with Gasteiger partial charge in [0.15, 0.2) is 0 Å². The first-order chi connectivity index (χ1) is 18.6. The summed E-state index contributed by atoms with van der Waals surface area (Å²) < 4.78 is 70.3. The number of benzene rings is 2. The lowest BCUT2D eigenvalue weighted by atomic mass is 9.94. The van der Waals surface area contributed by atoms with E-state index in [-0.39, 0.29) is 29.4 Å². The average molecular weight is 599 g/mol. The second-order valence-electron chi connectivity index (χ2n) is 9.85. The van der Waals surface area contributed by atoms with Crippen LogP contribution in [0, 0.1) is 25.7 Å². The summed E-state index contributed by atoms with van der Waals surface area (Å²) in [5, 5.41) is 0. The predicted molar refractivity (Wildman–Crippen MR) is 147 cm³/mol. The van der Waals surface area contributed by atoms with Gasteiger partial charge in [-0.1, -0.05) is 49.2 Å². The molecule has 0 saturated carbocycles. The maximum Gasteiger partial charge on any atom is 0.309 e. The molecule has 0 aliphatic carbocycles. The Morgan fingerprint density at radius 2 is 1.23 bits per heavy atom. The molecule has 0 heterocycles. The van der Waals surface area contributed by atoms with Crippen LogP contribution in [-0.2, 0) is 47.7 Å². The molecular formula is C28H38O10S2. The third kappa shape index (κ3) is 10.3. The molecule has 2 aromatic carbocycles. The maximum absolute atomic E-state index is 12.6. The van der Waals surface area contributed by atoms with Gasteiger partial charge in [-0.15, -0.1) is 0 Å². The van der Waals surface area contributed by atoms with E-state index in [1.807, 2.05) is 13.8 Å². The molecular weight excluding hydrogens is 560 g/mol. The number of hydrogen-bond donors (Lipinski definition) is 0. The van der Waals surface area contributed by atoms with Gasteiger partial charge in [0.25, 0.3) is 20.2 Å². The van der Waals surface area contributed by atoms with Crippen molar-refractivity contribution in [1.29, 1.82) is 0 Å². The van der Waals surface area contributed by atoms with E-state index in [9.17, 15) is 26.4 Å². The first kappa shape index (κ1) is 33.4. The van der Waals surface area contributed by atoms with E-state index in [1.165, 1.54) is 38.1 Å². The molecule has 4 atom stereocenters. The van der Waals surface area contributed by atoms with E-state index in [0.717, 1.165) is 11.1 Å². The van der Waals surface area contributed by atoms with Gasteiger partial charge in [-0.25, -0.2) is 0 Å². The van der Waals surface area contributed by atoms with Crippen LogP contribution in [0.25, 0.3) is 0 Å². The summed E-state index contributed by atoms with van der Waals surface area (Å²) in [5.74, 6) is -2.54. The van der Waals surface area contributed by atoms with Crippen LogP contribution in [0.5, 0.6) is 0 Å². The fourth-order valence-electron chi connectivity index (χ4n) is 3.58. The molecule has 0 bridgehead atoms. The molecule has 12 heteroatoms. The van der Waals surface area contributed by atoms with E-state index in [4.69, 9.17) is 17.8 Å². The van der Waals surface area contributed by atoms with Crippen LogP contribution in [0.2, 0.25) is 0 Å². The molecule has 0 radical (unpaired) electrons. The summed E-state index contributed by atoms with van der Waals surface area (Å²) >= 11 is 0. The van der Waals surface area contributed by atoms with Gasteiger partial charge in [0.05, 0.1) is 21.6 Å². The Balaban J connectivity index is 1.82. The predicted octanol–water partition coefficient (Wildman–Crippen LogP) is 4.33. The van der Waals surface area contributed by atoms with Gasteiger partial charge in [0.1, 0.15) is 25.4 Å². The number of esters is 2. The molecule has 0 aliphatic rings. The van der Waals surface area contributed by atoms with Gasteiger partial charge in [-0.2, -0.15) is 16.8 Å². The fourth-order valence-corrected chi connectivity index (χ4v) is 5.63. The third-order valence-corrected chi connectivity index (χ3v) is 8.74. The summed E-state index contributed by atoms with van der Waals surface area (Å²) in [6.07, 6.45) is -1.27. The topological polar surface area (TPSA) is 139 Å². The number of aryl methyl sites for hydroxylation is 2. The highest BCUT2D eigenvalue weighted by Crippen LogP contribution is 2.21. The fraction of sp³-hybridized carbons (Fsp3) is 0.500. The van der Waals surface area contributed by atoms with Gasteiger partial charge in [0, 0.05) is 0 Å². The summed E-state index contributed by atoms with van der Waals surface area (Å²) in [5.41, 5.74) is 1.80. The van der Waals surface area contributed by atoms with Gasteiger partial charge < -0.3 is 9.47 Å². The molecule has 0 aliphatic heterocycles. The van der Waals surface area contributed by atoms with Crippen molar-refractivity contribution < 1.29 is 44.3 Å². The van der Waals surface area contributed by atoms with Crippen LogP contribution in [0.4, 0.5) is 0 Å². The Morgan fingerprint density at radius 3 is 1.73 bits per heavy atom. The standard InChI is InChI=1S/C28H38O10S2/c1-7-24(28(30)35-17-23(6)38-40(33,34)26-14-10-20(3)11-15-26)16-21(4)27(29)37-22(5)18-36-39(31,32)25-12-8-19(2)9-13-25/h8-15,21-24H,7,16-18H2,1-6H3. The monoisotopic (exact) mass is 598 g/mol. The zero-order chi connectivity index (χ0) is 30.1. The molecule has 0 N–H and O–H groups in total. The Kier molecular flexibility index (Phi) is 12.3. The Bertz CT molecular complexity index is 1330. The number of ether oxygens (including phenoxy) is 2. The molecule has 0 saturated heterocycles. The van der Waals surface area contributed by atoms with Crippen molar-refractivity contribution in [2.45, 2.75) is 76.4 Å². The Morgan fingerprint density at radius 1 is 0.725 bits per heavy atom. The van der Waals surface area contributed by atoms with Gasteiger partial charge >= 0.3 is 11.9 Å². The second-order valence-corrected chi connectivity index (χ2v) is 13.0. The highest BCUT2D eigenvalue weighted by Gasteiger charge is 2.28. The van der Waals surface area contributed by atoms with Crippen molar-refractivity contribution in [1.82, 2.24) is 0 Å². The first-order valence-corrected chi connectivity index (χ1v) is 15.8. The van der Waals surface area contributed by atoms with Crippen LogP contribution in [0.15, 0.2) is 58.3 Å². The van der Waals surface area contributed by atoms with Crippen molar-refractivity contribution >= 4 is 32.2 Å². The summed E-state index contributed by atoms with van der Waals surface area (Å²) in [7, 11) is -8.03. The van der Waals surface area contributed by atoms with Crippen molar-refractivity contribution in [3.63, 3.8) is 0 Å². The van der Waals surface area contributed by atoms with Crippen molar-refractivity contribution in [2.24, 2.45) is 11.8 Å². The normalized spacial score (nSPS) is 15.1. The van der Waals surface area contributed by atoms with Crippen LogP contribution in [0.3, 0.4) is 0 Å². The van der Waals surface area contributed by atoms with Crippen molar-refractivity contribution in [2.75, 3.05) is 13.2 Å². The van der Waals surface area contributed by atoms with E-state index in [2.05, 4.69) is 0 Å². The molecule has 2 rings (SSSR count). The van der Waals surface area contributed by atoms with E-state index >= 15 is 0 Å². The SMILES string of the molecule is CCC(CC(C)C(=O)OC(C)COS(=O)(=O)c1ccc(C)cc1)C(=O)OCC(C)OS(=O)(=O)c1ccc(C)cc1. The summed E-state index contributed by atoms with van der Waals surface area (Å²) in [4.78, 5) is 25.2.